The van der Waals surface area contributed by atoms with Crippen LogP contribution in [0.1, 0.15) is 11.6 Å². The number of pyridine rings is 2. The molecule has 0 fully saturated rings. The highest BCUT2D eigenvalue weighted by Crippen LogP contribution is 2.23. The lowest BCUT2D eigenvalue weighted by atomic mass is 10.3. The van der Waals surface area contributed by atoms with Crippen LogP contribution in [0.5, 0.6) is 0 Å². The summed E-state index contributed by atoms with van der Waals surface area (Å²) in [4.78, 5) is 13.0. The Hall–Kier alpha value is -3.15. The molecule has 6 nitrogen and oxygen atoms in total. The quantitative estimate of drug-likeness (QED) is 0.624. The minimum Gasteiger partial charge on any atom is -0.439 e. The van der Waals surface area contributed by atoms with E-state index in [2.05, 4.69) is 20.3 Å². The van der Waals surface area contributed by atoms with Gasteiger partial charge in [0.25, 0.3) is 0 Å². The van der Waals surface area contributed by atoms with E-state index < -0.39 is 0 Å². The summed E-state index contributed by atoms with van der Waals surface area (Å²) in [6, 6.07) is 7.84. The Morgan fingerprint density at radius 1 is 1.09 bits per heavy atom. The van der Waals surface area contributed by atoms with Gasteiger partial charge in [-0.15, -0.1) is 0 Å². The molecule has 0 radical (unpaired) electrons. The molecule has 0 aliphatic carbocycles. The average Bonchev–Trinajstić information content (AvgIpc) is 3.14. The van der Waals surface area contributed by atoms with E-state index in [1.807, 2.05) is 54.9 Å². The number of anilines is 2. The summed E-state index contributed by atoms with van der Waals surface area (Å²) in [5, 5.41) is 3.35. The van der Waals surface area contributed by atoms with Crippen LogP contribution in [0, 0.1) is 13.8 Å². The molecule has 0 aliphatic heterocycles. The second-order valence-corrected chi connectivity index (χ2v) is 5.34. The first-order chi connectivity index (χ1) is 11.2. The number of hydrogen-bond acceptors (Lipinski definition) is 5. The van der Waals surface area contributed by atoms with Crippen molar-refractivity contribution in [3.05, 3.63) is 60.6 Å². The Balaban J connectivity index is 1.63. The van der Waals surface area contributed by atoms with Crippen LogP contribution in [0.2, 0.25) is 0 Å². The third kappa shape index (κ3) is 2.55. The van der Waals surface area contributed by atoms with Crippen LogP contribution in [-0.2, 0) is 0 Å². The monoisotopic (exact) mass is 305 g/mol. The van der Waals surface area contributed by atoms with Crippen molar-refractivity contribution < 1.29 is 4.42 Å². The van der Waals surface area contributed by atoms with E-state index in [1.54, 1.807) is 12.4 Å². The smallest absolute Gasteiger partial charge is 0.191 e. The van der Waals surface area contributed by atoms with E-state index in [1.165, 1.54) is 0 Å². The van der Waals surface area contributed by atoms with Crippen LogP contribution >= 0.6 is 0 Å². The van der Waals surface area contributed by atoms with Gasteiger partial charge in [0.15, 0.2) is 17.3 Å². The Morgan fingerprint density at radius 2 is 2.00 bits per heavy atom. The number of nitrogens with one attached hydrogen (secondary N) is 1. The van der Waals surface area contributed by atoms with Gasteiger partial charge in [0.1, 0.15) is 5.69 Å². The largest absolute Gasteiger partial charge is 0.439 e. The molecule has 4 aromatic heterocycles. The van der Waals surface area contributed by atoms with Crippen LogP contribution in [-0.4, -0.2) is 19.4 Å². The molecule has 4 rings (SSSR count). The fraction of sp³-hybridized carbons (Fsp3) is 0.118. The summed E-state index contributed by atoms with van der Waals surface area (Å²) in [6.07, 6.45) is 7.42. The van der Waals surface area contributed by atoms with Crippen LogP contribution in [0.3, 0.4) is 0 Å². The van der Waals surface area contributed by atoms with Crippen LogP contribution in [0.4, 0.5) is 11.4 Å². The fourth-order valence-corrected chi connectivity index (χ4v) is 2.48. The highest BCUT2D eigenvalue weighted by molar-refractivity contribution is 5.74. The molecule has 0 saturated heterocycles. The lowest BCUT2D eigenvalue weighted by Gasteiger charge is -2.07. The standard InChI is InChI=1S/C17H15N5O/c1-11-10-22-7-3-4-15(17(22)20-11)21-13-5-6-14(19-8-13)16-9-18-12(2)23-16/h3-10,21H,1-2H3. The number of rotatable bonds is 3. The number of imidazole rings is 1. The number of nitrogens with zero attached hydrogens (tertiary/aromatic N) is 4. The molecule has 1 N–H and O–H groups in total. The van der Waals surface area contributed by atoms with Gasteiger partial charge in [-0.2, -0.15) is 0 Å². The van der Waals surface area contributed by atoms with Crippen molar-refractivity contribution in [2.75, 3.05) is 5.32 Å². The van der Waals surface area contributed by atoms with Gasteiger partial charge in [-0.1, -0.05) is 0 Å². The number of fused-ring (bicyclic) bond motifs is 1. The molecular formula is C17H15N5O. The maximum atomic E-state index is 5.48. The third-order valence-corrected chi connectivity index (χ3v) is 3.52. The zero-order chi connectivity index (χ0) is 15.8. The minimum absolute atomic E-state index is 0.630. The topological polar surface area (TPSA) is 68.2 Å². The van der Waals surface area contributed by atoms with Crippen molar-refractivity contribution in [1.29, 1.82) is 0 Å². The second-order valence-electron chi connectivity index (χ2n) is 5.34. The zero-order valence-corrected chi connectivity index (χ0v) is 12.8. The molecule has 23 heavy (non-hydrogen) atoms. The first-order valence-electron chi connectivity index (χ1n) is 7.29. The summed E-state index contributed by atoms with van der Waals surface area (Å²) < 4.78 is 7.48. The molecule has 114 valence electrons. The second kappa shape index (κ2) is 5.24. The third-order valence-electron chi connectivity index (χ3n) is 3.52. The van der Waals surface area contributed by atoms with Crippen molar-refractivity contribution in [1.82, 2.24) is 19.4 Å². The molecule has 0 unspecified atom stereocenters. The van der Waals surface area contributed by atoms with Crippen LogP contribution < -0.4 is 5.32 Å². The molecule has 6 heteroatoms. The number of aromatic nitrogens is 4. The first-order valence-corrected chi connectivity index (χ1v) is 7.29. The predicted octanol–water partition coefficient (Wildman–Crippen LogP) is 3.74. The lowest BCUT2D eigenvalue weighted by Crippen LogP contribution is -1.95. The number of hydrogen-bond donors (Lipinski definition) is 1. The Labute approximate surface area is 132 Å². The summed E-state index contributed by atoms with van der Waals surface area (Å²) in [7, 11) is 0. The summed E-state index contributed by atoms with van der Waals surface area (Å²) >= 11 is 0. The summed E-state index contributed by atoms with van der Waals surface area (Å²) in [5.41, 5.74) is 4.45. The maximum Gasteiger partial charge on any atom is 0.191 e. The van der Waals surface area contributed by atoms with Crippen molar-refractivity contribution in [3.63, 3.8) is 0 Å². The Bertz CT molecular complexity index is 968. The normalized spacial score (nSPS) is 11.0. The van der Waals surface area contributed by atoms with Gasteiger partial charge >= 0.3 is 0 Å². The molecule has 0 amide bonds. The Morgan fingerprint density at radius 3 is 2.74 bits per heavy atom. The van der Waals surface area contributed by atoms with Crippen molar-refractivity contribution >= 4 is 17.0 Å². The molecule has 4 heterocycles. The highest BCUT2D eigenvalue weighted by atomic mass is 16.4. The first kappa shape index (κ1) is 13.5. The molecule has 0 aliphatic rings. The summed E-state index contributed by atoms with van der Waals surface area (Å²) in [6.45, 7) is 3.79. The highest BCUT2D eigenvalue weighted by Gasteiger charge is 2.07. The van der Waals surface area contributed by atoms with Gasteiger partial charge in [0, 0.05) is 19.3 Å². The predicted molar refractivity (Wildman–Crippen MR) is 87.7 cm³/mol. The molecule has 0 aromatic carbocycles. The molecular weight excluding hydrogens is 290 g/mol. The molecule has 0 saturated carbocycles. The van der Waals surface area contributed by atoms with E-state index in [4.69, 9.17) is 4.42 Å². The van der Waals surface area contributed by atoms with Crippen molar-refractivity contribution in [2.45, 2.75) is 13.8 Å². The van der Waals surface area contributed by atoms with Gasteiger partial charge in [-0.25, -0.2) is 9.97 Å². The SMILES string of the molecule is Cc1cn2cccc(Nc3ccc(-c4cnc(C)o4)nc3)c2n1. The van der Waals surface area contributed by atoms with Gasteiger partial charge in [0.05, 0.1) is 29.5 Å². The van der Waals surface area contributed by atoms with Crippen LogP contribution in [0.15, 0.2) is 53.5 Å². The lowest BCUT2D eigenvalue weighted by molar-refractivity contribution is 0.532. The van der Waals surface area contributed by atoms with Gasteiger partial charge in [-0.3, -0.25) is 4.98 Å². The van der Waals surface area contributed by atoms with Gasteiger partial charge in [-0.05, 0) is 31.2 Å². The van der Waals surface area contributed by atoms with Crippen LogP contribution in [0.25, 0.3) is 17.1 Å². The molecule has 4 aromatic rings. The van der Waals surface area contributed by atoms with E-state index >= 15 is 0 Å². The molecule has 0 bridgehead atoms. The number of aryl methyl sites for hydroxylation is 2. The minimum atomic E-state index is 0.630. The van der Waals surface area contributed by atoms with Gasteiger partial charge in [0.2, 0.25) is 0 Å². The van der Waals surface area contributed by atoms with E-state index in [-0.39, 0.29) is 0 Å². The fourth-order valence-electron chi connectivity index (χ4n) is 2.48. The Kier molecular flexibility index (Phi) is 3.08. The maximum absolute atomic E-state index is 5.48. The van der Waals surface area contributed by atoms with E-state index in [0.717, 1.165) is 28.4 Å². The molecule has 0 spiro atoms. The molecule has 0 atom stereocenters. The number of oxazole rings is 1. The van der Waals surface area contributed by atoms with Crippen molar-refractivity contribution in [3.8, 4) is 11.5 Å². The summed E-state index contributed by atoms with van der Waals surface area (Å²) in [5.74, 6) is 1.30. The average molecular weight is 305 g/mol. The zero-order valence-electron chi connectivity index (χ0n) is 12.8. The van der Waals surface area contributed by atoms with Crippen molar-refractivity contribution in [2.24, 2.45) is 0 Å². The van der Waals surface area contributed by atoms with Gasteiger partial charge < -0.3 is 14.1 Å². The van der Waals surface area contributed by atoms with E-state index in [0.29, 0.717) is 11.7 Å². The van der Waals surface area contributed by atoms with E-state index in [9.17, 15) is 0 Å².